The molecule has 20 heavy (non-hydrogen) atoms. The van der Waals surface area contributed by atoms with E-state index in [4.69, 9.17) is 0 Å². The molecule has 0 amide bonds. The molecule has 0 unspecified atom stereocenters. The van der Waals surface area contributed by atoms with Crippen LogP contribution in [0.25, 0.3) is 0 Å². The molecule has 5 nitrogen and oxygen atoms in total. The van der Waals surface area contributed by atoms with E-state index in [1.165, 1.54) is 50.3 Å². The minimum Gasteiger partial charge on any atom is -0.367 e. The Labute approximate surface area is 120 Å². The highest BCUT2D eigenvalue weighted by molar-refractivity contribution is 7.89. The molecular weight excluding hydrogens is 274 g/mol. The standard InChI is InChI=1S/C14H21N3O2S/c1-17(2)20(18,19)12-7-8-13(15-9-12)16-14(10-3-4-10)11-5-6-11/h7-11,14H,3-6H2,1-2H3,(H,15,16). The van der Waals surface area contributed by atoms with Gasteiger partial charge in [-0.05, 0) is 49.7 Å². The molecule has 2 aliphatic carbocycles. The van der Waals surface area contributed by atoms with Gasteiger partial charge in [-0.1, -0.05) is 0 Å². The summed E-state index contributed by atoms with van der Waals surface area (Å²) < 4.78 is 25.1. The van der Waals surface area contributed by atoms with Gasteiger partial charge in [-0.25, -0.2) is 17.7 Å². The second-order valence-corrected chi connectivity index (χ2v) is 8.16. The Hall–Kier alpha value is -1.14. The summed E-state index contributed by atoms with van der Waals surface area (Å²) >= 11 is 0. The van der Waals surface area contributed by atoms with Crippen molar-refractivity contribution in [2.75, 3.05) is 19.4 Å². The van der Waals surface area contributed by atoms with E-state index in [9.17, 15) is 8.42 Å². The van der Waals surface area contributed by atoms with E-state index in [1.54, 1.807) is 12.1 Å². The van der Waals surface area contributed by atoms with Gasteiger partial charge in [-0.15, -0.1) is 0 Å². The van der Waals surface area contributed by atoms with Crippen molar-refractivity contribution in [3.8, 4) is 0 Å². The van der Waals surface area contributed by atoms with Gasteiger partial charge in [0.2, 0.25) is 10.0 Å². The molecule has 6 heteroatoms. The van der Waals surface area contributed by atoms with Gasteiger partial charge in [-0.2, -0.15) is 0 Å². The second-order valence-electron chi connectivity index (χ2n) is 6.01. The van der Waals surface area contributed by atoms with Crippen molar-refractivity contribution in [3.63, 3.8) is 0 Å². The van der Waals surface area contributed by atoms with Crippen LogP contribution < -0.4 is 5.32 Å². The first kappa shape index (κ1) is 13.8. The molecule has 3 rings (SSSR count). The Morgan fingerprint density at radius 2 is 1.80 bits per heavy atom. The van der Waals surface area contributed by atoms with Crippen molar-refractivity contribution in [2.45, 2.75) is 36.6 Å². The summed E-state index contributed by atoms with van der Waals surface area (Å²) in [7, 11) is -0.336. The highest BCUT2D eigenvalue weighted by atomic mass is 32.2. The van der Waals surface area contributed by atoms with Crippen molar-refractivity contribution in [3.05, 3.63) is 18.3 Å². The Balaban J connectivity index is 1.72. The molecule has 2 saturated carbocycles. The molecule has 1 aromatic heterocycles. The molecule has 0 saturated heterocycles. The number of aromatic nitrogens is 1. The third kappa shape index (κ3) is 2.81. The lowest BCUT2D eigenvalue weighted by Gasteiger charge is -2.18. The Bertz CT molecular complexity index is 563. The number of sulfonamides is 1. The third-order valence-electron chi connectivity index (χ3n) is 4.09. The summed E-state index contributed by atoms with van der Waals surface area (Å²) in [5.74, 6) is 2.36. The fraction of sp³-hybridized carbons (Fsp3) is 0.643. The number of nitrogens with one attached hydrogen (secondary N) is 1. The summed E-state index contributed by atoms with van der Waals surface area (Å²) in [5.41, 5.74) is 0. The summed E-state index contributed by atoms with van der Waals surface area (Å²) in [5, 5.41) is 3.49. The number of rotatable bonds is 6. The average molecular weight is 295 g/mol. The molecule has 1 heterocycles. The first-order valence-corrected chi connectivity index (χ1v) is 8.57. The van der Waals surface area contributed by atoms with E-state index >= 15 is 0 Å². The van der Waals surface area contributed by atoms with Crippen LogP contribution in [-0.2, 0) is 10.0 Å². The van der Waals surface area contributed by atoms with Gasteiger partial charge in [0.25, 0.3) is 0 Å². The highest BCUT2D eigenvalue weighted by Crippen LogP contribution is 2.45. The monoisotopic (exact) mass is 295 g/mol. The van der Waals surface area contributed by atoms with Crippen LogP contribution in [0.2, 0.25) is 0 Å². The molecule has 0 radical (unpaired) electrons. The minimum atomic E-state index is -3.39. The Morgan fingerprint density at radius 1 is 1.20 bits per heavy atom. The van der Waals surface area contributed by atoms with Gasteiger partial charge in [0.15, 0.2) is 0 Å². The lowest BCUT2D eigenvalue weighted by atomic mass is 10.1. The summed E-state index contributed by atoms with van der Waals surface area (Å²) in [6.07, 6.45) is 6.67. The SMILES string of the molecule is CN(C)S(=O)(=O)c1ccc(NC(C2CC2)C2CC2)nc1. The summed E-state index contributed by atoms with van der Waals surface area (Å²) in [4.78, 5) is 4.51. The van der Waals surface area contributed by atoms with Crippen LogP contribution in [-0.4, -0.2) is 37.8 Å². The smallest absolute Gasteiger partial charge is 0.244 e. The highest BCUT2D eigenvalue weighted by Gasteiger charge is 2.41. The Morgan fingerprint density at radius 3 is 2.20 bits per heavy atom. The maximum atomic E-state index is 12.0. The fourth-order valence-corrected chi connectivity index (χ4v) is 3.38. The van der Waals surface area contributed by atoms with Gasteiger partial charge >= 0.3 is 0 Å². The fourth-order valence-electron chi connectivity index (χ4n) is 2.53. The van der Waals surface area contributed by atoms with E-state index in [1.807, 2.05) is 0 Å². The molecule has 1 aromatic rings. The van der Waals surface area contributed by atoms with Crippen molar-refractivity contribution in [1.82, 2.24) is 9.29 Å². The van der Waals surface area contributed by atoms with Crippen molar-refractivity contribution in [1.29, 1.82) is 0 Å². The largest absolute Gasteiger partial charge is 0.367 e. The molecule has 0 aromatic carbocycles. The normalized spacial score (nSPS) is 19.6. The van der Waals surface area contributed by atoms with Gasteiger partial charge in [0.1, 0.15) is 10.7 Å². The topological polar surface area (TPSA) is 62.3 Å². The zero-order valence-electron chi connectivity index (χ0n) is 11.9. The molecule has 0 atom stereocenters. The van der Waals surface area contributed by atoms with Gasteiger partial charge < -0.3 is 5.32 Å². The minimum absolute atomic E-state index is 0.238. The van der Waals surface area contributed by atoms with Crippen LogP contribution >= 0.6 is 0 Å². The third-order valence-corrected chi connectivity index (χ3v) is 5.89. The summed E-state index contributed by atoms with van der Waals surface area (Å²) in [6, 6.07) is 3.93. The van der Waals surface area contributed by atoms with Gasteiger partial charge in [0.05, 0.1) is 0 Å². The quantitative estimate of drug-likeness (QED) is 0.871. The number of hydrogen-bond acceptors (Lipinski definition) is 4. The van der Waals surface area contributed by atoms with Crippen molar-refractivity contribution in [2.24, 2.45) is 11.8 Å². The van der Waals surface area contributed by atoms with E-state index < -0.39 is 10.0 Å². The lowest BCUT2D eigenvalue weighted by molar-refractivity contribution is 0.520. The van der Waals surface area contributed by atoms with E-state index in [0.29, 0.717) is 6.04 Å². The number of nitrogens with zero attached hydrogens (tertiary/aromatic N) is 2. The van der Waals surface area contributed by atoms with Crippen LogP contribution in [0.1, 0.15) is 25.7 Å². The van der Waals surface area contributed by atoms with Crippen LogP contribution in [0.4, 0.5) is 5.82 Å². The predicted octanol–water partition coefficient (Wildman–Crippen LogP) is 1.93. The molecule has 0 aliphatic heterocycles. The molecule has 0 bridgehead atoms. The van der Waals surface area contributed by atoms with E-state index in [-0.39, 0.29) is 4.90 Å². The Kier molecular flexibility index (Phi) is 3.46. The van der Waals surface area contributed by atoms with Gasteiger partial charge in [-0.3, -0.25) is 0 Å². The van der Waals surface area contributed by atoms with Crippen LogP contribution in [0.3, 0.4) is 0 Å². The van der Waals surface area contributed by atoms with Crippen LogP contribution in [0, 0.1) is 11.8 Å². The first-order valence-electron chi connectivity index (χ1n) is 7.13. The van der Waals surface area contributed by atoms with Crippen LogP contribution in [0.5, 0.6) is 0 Å². The number of anilines is 1. The predicted molar refractivity (Wildman–Crippen MR) is 78.0 cm³/mol. The molecule has 110 valence electrons. The zero-order valence-corrected chi connectivity index (χ0v) is 12.7. The van der Waals surface area contributed by atoms with Gasteiger partial charge in [0, 0.05) is 26.3 Å². The molecular formula is C14H21N3O2S. The molecule has 1 N–H and O–H groups in total. The number of hydrogen-bond donors (Lipinski definition) is 1. The van der Waals surface area contributed by atoms with Crippen molar-refractivity contribution < 1.29 is 8.42 Å². The maximum absolute atomic E-state index is 12.0. The first-order chi connectivity index (χ1) is 9.48. The van der Waals surface area contributed by atoms with Crippen molar-refractivity contribution >= 4 is 15.8 Å². The number of pyridine rings is 1. The van der Waals surface area contributed by atoms with E-state index in [2.05, 4.69) is 10.3 Å². The maximum Gasteiger partial charge on any atom is 0.244 e. The molecule has 0 spiro atoms. The average Bonchev–Trinajstić information content (AvgIpc) is 3.29. The van der Waals surface area contributed by atoms with Crippen LogP contribution in [0.15, 0.2) is 23.2 Å². The molecule has 2 fully saturated rings. The summed E-state index contributed by atoms with van der Waals surface area (Å²) in [6.45, 7) is 0. The molecule has 2 aliphatic rings. The lowest BCUT2D eigenvalue weighted by Crippen LogP contribution is -2.25. The zero-order chi connectivity index (χ0) is 14.3. The van der Waals surface area contributed by atoms with E-state index in [0.717, 1.165) is 17.7 Å². The second kappa shape index (κ2) is 5.00.